The summed E-state index contributed by atoms with van der Waals surface area (Å²) < 4.78 is 0. The van der Waals surface area contributed by atoms with Crippen LogP contribution >= 0.6 is 24.0 Å². The first kappa shape index (κ1) is 20.4. The van der Waals surface area contributed by atoms with Gasteiger partial charge >= 0.3 is 0 Å². The van der Waals surface area contributed by atoms with E-state index < -0.39 is 0 Å². The first-order valence-electron chi connectivity index (χ1n) is 8.02. The minimum Gasteiger partial charge on any atom is -0.356 e. The lowest BCUT2D eigenvalue weighted by Gasteiger charge is -2.26. The molecule has 4 nitrogen and oxygen atoms in total. The first-order chi connectivity index (χ1) is 11.1. The Morgan fingerprint density at radius 2 is 1.75 bits per heavy atom. The highest BCUT2D eigenvalue weighted by Crippen LogP contribution is 2.21. The van der Waals surface area contributed by atoms with Crippen molar-refractivity contribution in [1.82, 2.24) is 15.6 Å². The van der Waals surface area contributed by atoms with Crippen molar-refractivity contribution >= 4 is 29.9 Å². The fraction of sp³-hybridized carbons (Fsp3) is 0.368. The lowest BCUT2D eigenvalue weighted by Crippen LogP contribution is -2.44. The fourth-order valence-corrected chi connectivity index (χ4v) is 2.37. The summed E-state index contributed by atoms with van der Waals surface area (Å²) in [7, 11) is 1.80. The molecule has 2 rings (SSSR count). The number of hydrogen-bond acceptors (Lipinski definition) is 2. The Kier molecular flexibility index (Phi) is 8.74. The Bertz CT molecular complexity index is 612. The predicted octanol–water partition coefficient (Wildman–Crippen LogP) is 3.38. The molecule has 5 heteroatoms. The molecule has 0 saturated carbocycles. The van der Waals surface area contributed by atoms with Gasteiger partial charge in [-0.15, -0.1) is 24.0 Å². The third kappa shape index (κ3) is 6.47. The van der Waals surface area contributed by atoms with Gasteiger partial charge in [0.15, 0.2) is 5.96 Å². The summed E-state index contributed by atoms with van der Waals surface area (Å²) in [5.74, 6) is 0.824. The highest BCUT2D eigenvalue weighted by Gasteiger charge is 2.20. The van der Waals surface area contributed by atoms with Gasteiger partial charge in [-0.25, -0.2) is 0 Å². The van der Waals surface area contributed by atoms with Crippen molar-refractivity contribution in [3.63, 3.8) is 0 Å². The molecule has 0 atom stereocenters. The van der Waals surface area contributed by atoms with Gasteiger partial charge in [0.05, 0.1) is 0 Å². The lowest BCUT2D eigenvalue weighted by atomic mass is 9.85. The summed E-state index contributed by atoms with van der Waals surface area (Å²) >= 11 is 0. The van der Waals surface area contributed by atoms with Crippen LogP contribution < -0.4 is 10.6 Å². The number of halogens is 1. The zero-order chi connectivity index (χ0) is 16.5. The maximum absolute atomic E-state index is 4.33. The molecule has 0 aliphatic rings. The van der Waals surface area contributed by atoms with Gasteiger partial charge < -0.3 is 10.6 Å². The van der Waals surface area contributed by atoms with E-state index in [0.29, 0.717) is 0 Å². The van der Waals surface area contributed by atoms with Crippen LogP contribution in [0.3, 0.4) is 0 Å². The van der Waals surface area contributed by atoms with Crippen LogP contribution in [0, 0.1) is 0 Å². The van der Waals surface area contributed by atoms with Crippen LogP contribution in [0.25, 0.3) is 0 Å². The van der Waals surface area contributed by atoms with Gasteiger partial charge in [0.1, 0.15) is 0 Å². The van der Waals surface area contributed by atoms with Crippen molar-refractivity contribution < 1.29 is 0 Å². The number of guanidine groups is 1. The molecule has 0 aliphatic heterocycles. The van der Waals surface area contributed by atoms with E-state index in [2.05, 4.69) is 58.7 Å². The van der Waals surface area contributed by atoms with Crippen molar-refractivity contribution in [3.8, 4) is 0 Å². The van der Waals surface area contributed by atoms with Crippen LogP contribution in [-0.4, -0.2) is 31.1 Å². The van der Waals surface area contributed by atoms with Crippen LogP contribution in [0.5, 0.6) is 0 Å². The molecule has 0 fully saturated rings. The highest BCUT2D eigenvalue weighted by molar-refractivity contribution is 14.0. The van der Waals surface area contributed by atoms with Crippen LogP contribution in [0.2, 0.25) is 0 Å². The number of pyridine rings is 1. The summed E-state index contributed by atoms with van der Waals surface area (Å²) in [4.78, 5) is 8.62. The molecule has 1 heterocycles. The molecule has 0 amide bonds. The van der Waals surface area contributed by atoms with E-state index in [4.69, 9.17) is 0 Å². The predicted molar refractivity (Wildman–Crippen MR) is 112 cm³/mol. The van der Waals surface area contributed by atoms with Gasteiger partial charge in [-0.1, -0.05) is 50.2 Å². The molecule has 0 spiro atoms. The van der Waals surface area contributed by atoms with E-state index in [-0.39, 0.29) is 29.4 Å². The molecule has 2 aromatic rings. The lowest BCUT2D eigenvalue weighted by molar-refractivity contribution is 0.508. The highest BCUT2D eigenvalue weighted by atomic mass is 127. The number of nitrogens with one attached hydrogen (secondary N) is 2. The number of nitrogens with zero attached hydrogens (tertiary/aromatic N) is 2. The Labute approximate surface area is 162 Å². The molecule has 0 unspecified atom stereocenters. The number of benzene rings is 1. The molecule has 2 N–H and O–H groups in total. The zero-order valence-corrected chi connectivity index (χ0v) is 17.0. The second-order valence-corrected chi connectivity index (χ2v) is 6.17. The summed E-state index contributed by atoms with van der Waals surface area (Å²) in [6.45, 7) is 6.09. The smallest absolute Gasteiger partial charge is 0.191 e. The maximum atomic E-state index is 4.33. The van der Waals surface area contributed by atoms with Gasteiger partial charge in [-0.3, -0.25) is 9.98 Å². The SMILES string of the molecule is CN=C(NCCc1ccccn1)NCC(C)(C)c1ccccc1.I. The minimum atomic E-state index is 0. The van der Waals surface area contributed by atoms with Gasteiger partial charge in [-0.2, -0.15) is 0 Å². The van der Waals surface area contributed by atoms with Crippen molar-refractivity contribution in [2.75, 3.05) is 20.1 Å². The summed E-state index contributed by atoms with van der Waals surface area (Å²) in [6.07, 6.45) is 2.70. The second-order valence-electron chi connectivity index (χ2n) is 6.17. The van der Waals surface area contributed by atoms with E-state index in [1.807, 2.05) is 30.5 Å². The number of aliphatic imine (C=N–C) groups is 1. The van der Waals surface area contributed by atoms with Gasteiger partial charge in [0.2, 0.25) is 0 Å². The molecule has 0 radical (unpaired) electrons. The van der Waals surface area contributed by atoms with E-state index in [0.717, 1.165) is 31.2 Å². The molecule has 24 heavy (non-hydrogen) atoms. The summed E-state index contributed by atoms with van der Waals surface area (Å²) in [6, 6.07) is 16.5. The van der Waals surface area contributed by atoms with Crippen molar-refractivity contribution in [2.45, 2.75) is 25.7 Å². The van der Waals surface area contributed by atoms with Crippen LogP contribution in [0.1, 0.15) is 25.1 Å². The number of aromatic nitrogens is 1. The molecule has 1 aromatic heterocycles. The van der Waals surface area contributed by atoms with Crippen LogP contribution in [0.4, 0.5) is 0 Å². The maximum Gasteiger partial charge on any atom is 0.191 e. The van der Waals surface area contributed by atoms with Crippen molar-refractivity contribution in [3.05, 3.63) is 66.0 Å². The number of rotatable bonds is 6. The largest absolute Gasteiger partial charge is 0.356 e. The third-order valence-electron chi connectivity index (χ3n) is 3.88. The van der Waals surface area contributed by atoms with E-state index in [9.17, 15) is 0 Å². The Hall–Kier alpha value is -1.63. The normalized spacial score (nSPS) is 11.5. The molecule has 1 aromatic carbocycles. The molecule has 0 aliphatic carbocycles. The topological polar surface area (TPSA) is 49.3 Å². The Morgan fingerprint density at radius 1 is 1.04 bits per heavy atom. The van der Waals surface area contributed by atoms with E-state index in [1.54, 1.807) is 7.05 Å². The zero-order valence-electron chi connectivity index (χ0n) is 14.6. The van der Waals surface area contributed by atoms with Crippen LogP contribution in [-0.2, 0) is 11.8 Å². The minimum absolute atomic E-state index is 0. The average molecular weight is 438 g/mol. The summed E-state index contributed by atoms with van der Waals surface area (Å²) in [5, 5.41) is 6.75. The van der Waals surface area contributed by atoms with E-state index in [1.165, 1.54) is 5.56 Å². The summed E-state index contributed by atoms with van der Waals surface area (Å²) in [5.41, 5.74) is 2.44. The average Bonchev–Trinajstić information content (AvgIpc) is 2.59. The van der Waals surface area contributed by atoms with Crippen LogP contribution in [0.15, 0.2) is 59.7 Å². The molecule has 130 valence electrons. The Balaban J connectivity index is 0.00000288. The van der Waals surface area contributed by atoms with Crippen molar-refractivity contribution in [1.29, 1.82) is 0 Å². The van der Waals surface area contributed by atoms with Gasteiger partial charge in [0.25, 0.3) is 0 Å². The van der Waals surface area contributed by atoms with Gasteiger partial charge in [0, 0.05) is 43.9 Å². The molecular weight excluding hydrogens is 411 g/mol. The third-order valence-corrected chi connectivity index (χ3v) is 3.88. The molecule has 0 bridgehead atoms. The standard InChI is InChI=1S/C19H26N4.HI/c1-19(2,16-9-5-4-6-10-16)15-23-18(20-3)22-14-12-17-11-7-8-13-21-17;/h4-11,13H,12,14-15H2,1-3H3,(H2,20,22,23);1H. The van der Waals surface area contributed by atoms with Gasteiger partial charge in [-0.05, 0) is 17.7 Å². The first-order valence-corrected chi connectivity index (χ1v) is 8.02. The molecule has 0 saturated heterocycles. The fourth-order valence-electron chi connectivity index (χ4n) is 2.37. The monoisotopic (exact) mass is 438 g/mol. The second kappa shape index (κ2) is 10.3. The van der Waals surface area contributed by atoms with E-state index >= 15 is 0 Å². The van der Waals surface area contributed by atoms with Crippen molar-refractivity contribution in [2.24, 2.45) is 4.99 Å². The quantitative estimate of drug-likeness (QED) is 0.413. The molecular formula is C19H27IN4. The Morgan fingerprint density at radius 3 is 2.38 bits per heavy atom. The number of hydrogen-bond donors (Lipinski definition) is 2.